The molecule has 154 valence electrons. The molecule has 6 nitrogen and oxygen atoms in total. The van der Waals surface area contributed by atoms with Crippen LogP contribution in [0.3, 0.4) is 0 Å². The Labute approximate surface area is 162 Å². The predicted molar refractivity (Wildman–Crippen MR) is 94.6 cm³/mol. The van der Waals surface area contributed by atoms with Crippen LogP contribution in [0.15, 0.2) is 30.3 Å². The maximum atomic E-state index is 13.5. The highest BCUT2D eigenvalue weighted by Crippen LogP contribution is 2.26. The van der Waals surface area contributed by atoms with Crippen LogP contribution in [0.1, 0.15) is 29.8 Å². The molecular formula is C18H17F5N6. The smallest absolute Gasteiger partial charge is 0.299 e. The van der Waals surface area contributed by atoms with Gasteiger partial charge in [0.25, 0.3) is 12.9 Å². The Kier molecular flexibility index (Phi) is 5.31. The van der Waals surface area contributed by atoms with Crippen molar-refractivity contribution in [3.05, 3.63) is 53.1 Å². The van der Waals surface area contributed by atoms with E-state index in [0.717, 1.165) is 22.7 Å². The van der Waals surface area contributed by atoms with Crippen molar-refractivity contribution in [1.29, 1.82) is 0 Å². The number of nitrogens with zero attached hydrogens (tertiary/aromatic N) is 6. The molecule has 1 fully saturated rings. The third-order valence-corrected chi connectivity index (χ3v) is 4.90. The minimum absolute atomic E-state index is 0.173. The second-order valence-corrected chi connectivity index (χ2v) is 6.73. The molecule has 29 heavy (non-hydrogen) atoms. The predicted octanol–water partition coefficient (Wildman–Crippen LogP) is 3.46. The molecule has 0 aliphatic carbocycles. The van der Waals surface area contributed by atoms with E-state index in [1.54, 1.807) is 12.1 Å². The van der Waals surface area contributed by atoms with Gasteiger partial charge in [0.05, 0.1) is 0 Å². The summed E-state index contributed by atoms with van der Waals surface area (Å²) >= 11 is 0. The lowest BCUT2D eigenvalue weighted by atomic mass is 10.1. The fourth-order valence-corrected chi connectivity index (χ4v) is 3.40. The molecule has 1 aliphatic rings. The third kappa shape index (κ3) is 4.00. The summed E-state index contributed by atoms with van der Waals surface area (Å²) in [6, 6.07) is 6.53. The van der Waals surface area contributed by atoms with Crippen molar-refractivity contribution in [1.82, 2.24) is 24.7 Å². The Morgan fingerprint density at radius 1 is 0.897 bits per heavy atom. The van der Waals surface area contributed by atoms with E-state index in [4.69, 9.17) is 0 Å². The number of fused-ring (bicyclic) bond motifs is 1. The quantitative estimate of drug-likeness (QED) is 0.601. The molecular weight excluding hydrogens is 395 g/mol. The van der Waals surface area contributed by atoms with E-state index in [1.807, 2.05) is 9.80 Å². The number of hydrogen-bond donors (Lipinski definition) is 0. The van der Waals surface area contributed by atoms with E-state index in [9.17, 15) is 22.0 Å². The molecule has 4 rings (SSSR count). The monoisotopic (exact) mass is 412 g/mol. The Morgan fingerprint density at radius 3 is 2.34 bits per heavy atom. The number of piperazine rings is 1. The van der Waals surface area contributed by atoms with Crippen LogP contribution >= 0.6 is 0 Å². The molecule has 1 aliphatic heterocycles. The summed E-state index contributed by atoms with van der Waals surface area (Å²) in [4.78, 5) is 3.85. The normalized spacial score (nSPS) is 15.8. The fourth-order valence-electron chi connectivity index (χ4n) is 3.40. The van der Waals surface area contributed by atoms with Crippen molar-refractivity contribution in [2.45, 2.75) is 19.4 Å². The highest BCUT2D eigenvalue weighted by molar-refractivity contribution is 5.46. The zero-order valence-corrected chi connectivity index (χ0v) is 15.2. The lowest BCUT2D eigenvalue weighted by Gasteiger charge is -2.35. The van der Waals surface area contributed by atoms with Crippen LogP contribution in [0.4, 0.5) is 27.8 Å². The van der Waals surface area contributed by atoms with Crippen molar-refractivity contribution in [2.24, 2.45) is 0 Å². The van der Waals surface area contributed by atoms with Crippen LogP contribution in [0, 0.1) is 5.82 Å². The molecule has 0 N–H and O–H groups in total. The van der Waals surface area contributed by atoms with E-state index in [2.05, 4.69) is 15.3 Å². The molecule has 11 heteroatoms. The number of rotatable bonds is 5. The summed E-state index contributed by atoms with van der Waals surface area (Å²) in [5.41, 5.74) is 0.320. The van der Waals surface area contributed by atoms with Crippen LogP contribution in [0.5, 0.6) is 0 Å². The first-order chi connectivity index (χ1) is 13.9. The lowest BCUT2D eigenvalue weighted by Crippen LogP contribution is -2.46. The number of alkyl halides is 4. The van der Waals surface area contributed by atoms with E-state index in [1.165, 1.54) is 0 Å². The molecule has 0 spiro atoms. The molecule has 3 aromatic rings. The number of halogens is 5. The summed E-state index contributed by atoms with van der Waals surface area (Å²) in [6.07, 6.45) is -5.46. The van der Waals surface area contributed by atoms with E-state index in [0.29, 0.717) is 32.0 Å². The number of anilines is 1. The van der Waals surface area contributed by atoms with Gasteiger partial charge >= 0.3 is 0 Å². The summed E-state index contributed by atoms with van der Waals surface area (Å²) in [7, 11) is 0. The molecule has 0 radical (unpaired) electrons. The fraction of sp³-hybridized carbons (Fsp3) is 0.389. The average Bonchev–Trinajstić information content (AvgIpc) is 3.12. The van der Waals surface area contributed by atoms with Crippen molar-refractivity contribution in [3.8, 4) is 0 Å². The first kappa shape index (κ1) is 19.5. The van der Waals surface area contributed by atoms with Gasteiger partial charge in [-0.15, -0.1) is 15.3 Å². The Hall–Kier alpha value is -2.82. The maximum absolute atomic E-state index is 13.5. The van der Waals surface area contributed by atoms with E-state index in [-0.39, 0.29) is 23.3 Å². The van der Waals surface area contributed by atoms with Crippen LogP contribution < -0.4 is 4.90 Å². The second kappa shape index (κ2) is 7.90. The maximum Gasteiger partial charge on any atom is 0.299 e. The van der Waals surface area contributed by atoms with Crippen molar-refractivity contribution in [3.63, 3.8) is 0 Å². The number of hydrogen-bond acceptors (Lipinski definition) is 5. The standard InChI is InChI=1S/C18H17F5N6/c19-12-1-2-13(16(20)21)11(9-12)10-27-5-7-28(8-6-27)15-4-3-14-24-25-18(17(22)23)29(14)26-15/h1-4,9,16-17H,5-8,10H2. The summed E-state index contributed by atoms with van der Waals surface area (Å²) in [6.45, 7) is 2.30. The zero-order chi connectivity index (χ0) is 20.5. The van der Waals surface area contributed by atoms with Gasteiger partial charge < -0.3 is 4.90 Å². The topological polar surface area (TPSA) is 49.6 Å². The van der Waals surface area contributed by atoms with Crippen molar-refractivity contribution < 1.29 is 22.0 Å². The molecule has 1 saturated heterocycles. The lowest BCUT2D eigenvalue weighted by molar-refractivity contribution is 0.137. The van der Waals surface area contributed by atoms with Gasteiger partial charge in [0.15, 0.2) is 5.65 Å². The largest absolute Gasteiger partial charge is 0.353 e. The third-order valence-electron chi connectivity index (χ3n) is 4.90. The van der Waals surface area contributed by atoms with Gasteiger partial charge in [-0.05, 0) is 29.8 Å². The Bertz CT molecular complexity index is 1000. The Balaban J connectivity index is 1.46. The highest BCUT2D eigenvalue weighted by Gasteiger charge is 2.23. The number of aromatic nitrogens is 4. The highest BCUT2D eigenvalue weighted by atomic mass is 19.3. The van der Waals surface area contributed by atoms with Gasteiger partial charge in [0.2, 0.25) is 5.82 Å². The molecule has 0 saturated carbocycles. The van der Waals surface area contributed by atoms with Crippen LogP contribution in [-0.4, -0.2) is 50.9 Å². The molecule has 0 unspecified atom stereocenters. The Morgan fingerprint density at radius 2 is 1.66 bits per heavy atom. The molecule has 2 aromatic heterocycles. The van der Waals surface area contributed by atoms with E-state index >= 15 is 0 Å². The number of benzene rings is 1. The SMILES string of the molecule is Fc1ccc(C(F)F)c(CN2CCN(c3ccc4nnc(C(F)F)n4n3)CC2)c1. The zero-order valence-electron chi connectivity index (χ0n) is 15.2. The summed E-state index contributed by atoms with van der Waals surface area (Å²) in [5, 5.41) is 11.3. The molecule has 3 heterocycles. The molecule has 0 bridgehead atoms. The first-order valence-electron chi connectivity index (χ1n) is 8.96. The van der Waals surface area contributed by atoms with E-state index < -0.39 is 24.5 Å². The van der Waals surface area contributed by atoms with Gasteiger partial charge in [-0.2, -0.15) is 4.52 Å². The summed E-state index contributed by atoms with van der Waals surface area (Å²) < 4.78 is 66.9. The van der Waals surface area contributed by atoms with Gasteiger partial charge in [0.1, 0.15) is 11.6 Å². The molecule has 0 atom stereocenters. The van der Waals surface area contributed by atoms with Gasteiger partial charge in [0, 0.05) is 38.3 Å². The van der Waals surface area contributed by atoms with Crippen LogP contribution in [0.2, 0.25) is 0 Å². The average molecular weight is 412 g/mol. The van der Waals surface area contributed by atoms with Gasteiger partial charge in [-0.3, -0.25) is 4.90 Å². The molecule has 1 aromatic carbocycles. The van der Waals surface area contributed by atoms with Gasteiger partial charge in [-0.25, -0.2) is 22.0 Å². The summed E-state index contributed by atoms with van der Waals surface area (Å²) in [5.74, 6) is -0.576. The first-order valence-corrected chi connectivity index (χ1v) is 8.96. The van der Waals surface area contributed by atoms with Crippen LogP contribution in [0.25, 0.3) is 5.65 Å². The van der Waals surface area contributed by atoms with Crippen molar-refractivity contribution >= 4 is 11.5 Å². The van der Waals surface area contributed by atoms with Crippen molar-refractivity contribution in [2.75, 3.05) is 31.1 Å². The minimum atomic E-state index is -2.79. The van der Waals surface area contributed by atoms with Gasteiger partial charge in [-0.1, -0.05) is 6.07 Å². The second-order valence-electron chi connectivity index (χ2n) is 6.73. The molecule has 0 amide bonds. The van der Waals surface area contributed by atoms with Crippen LogP contribution in [-0.2, 0) is 6.54 Å². The minimum Gasteiger partial charge on any atom is -0.353 e.